The molecule has 0 aliphatic carbocycles. The van der Waals surface area contributed by atoms with Gasteiger partial charge in [-0.25, -0.2) is 4.99 Å². The first-order valence-corrected chi connectivity index (χ1v) is 6.92. The van der Waals surface area contributed by atoms with E-state index in [0.717, 1.165) is 29.4 Å². The lowest BCUT2D eigenvalue weighted by atomic mass is 9.98. The molecule has 0 spiro atoms. The van der Waals surface area contributed by atoms with Gasteiger partial charge >= 0.3 is 0 Å². The van der Waals surface area contributed by atoms with Gasteiger partial charge in [-0.3, -0.25) is 0 Å². The predicted octanol–water partition coefficient (Wildman–Crippen LogP) is 2.90. The Hall–Kier alpha value is -2.42. The van der Waals surface area contributed by atoms with Gasteiger partial charge in [-0.2, -0.15) is 4.57 Å². The third-order valence-electron chi connectivity index (χ3n) is 3.73. The lowest BCUT2D eigenvalue weighted by Gasteiger charge is -2.11. The van der Waals surface area contributed by atoms with Gasteiger partial charge in [-0.1, -0.05) is 18.2 Å². The number of ether oxygens (including phenoxy) is 1. The summed E-state index contributed by atoms with van der Waals surface area (Å²) in [6.45, 7) is 3.55. The highest BCUT2D eigenvalue weighted by Gasteiger charge is 2.31. The van der Waals surface area contributed by atoms with E-state index in [4.69, 9.17) is 9.73 Å². The van der Waals surface area contributed by atoms with Gasteiger partial charge in [0.15, 0.2) is 12.3 Å². The van der Waals surface area contributed by atoms with E-state index in [-0.39, 0.29) is 0 Å². The van der Waals surface area contributed by atoms with Gasteiger partial charge in [0, 0.05) is 17.2 Å². The van der Waals surface area contributed by atoms with Crippen LogP contribution in [0.1, 0.15) is 18.2 Å². The van der Waals surface area contributed by atoms with Crippen molar-refractivity contribution in [3.05, 3.63) is 59.9 Å². The third kappa shape index (κ3) is 1.59. The Morgan fingerprint density at radius 2 is 2.10 bits per heavy atom. The molecular formula is C17H15N2O+. The molecule has 2 aliphatic heterocycles. The summed E-state index contributed by atoms with van der Waals surface area (Å²) in [5.41, 5.74) is 5.78. The fourth-order valence-electron chi connectivity index (χ4n) is 2.84. The van der Waals surface area contributed by atoms with Crippen LogP contribution in [0.3, 0.4) is 0 Å². The summed E-state index contributed by atoms with van der Waals surface area (Å²) in [5, 5.41) is 0. The number of hydrogen-bond donors (Lipinski definition) is 0. The molecule has 0 N–H and O–H groups in total. The normalized spacial score (nSPS) is 14.8. The highest BCUT2D eigenvalue weighted by atomic mass is 16.5. The van der Waals surface area contributed by atoms with E-state index in [0.29, 0.717) is 6.61 Å². The number of para-hydroxylation sites is 1. The number of hydrogen-bond acceptors (Lipinski definition) is 2. The van der Waals surface area contributed by atoms with Crippen LogP contribution in [0.5, 0.6) is 5.75 Å². The van der Waals surface area contributed by atoms with Crippen molar-refractivity contribution in [3.8, 4) is 5.75 Å². The summed E-state index contributed by atoms with van der Waals surface area (Å²) in [6, 6.07) is 12.4. The van der Waals surface area contributed by atoms with E-state index in [9.17, 15) is 0 Å². The molecule has 3 nitrogen and oxygen atoms in total. The fraction of sp³-hybridized carbons (Fsp3) is 0.176. The molecule has 0 unspecified atom stereocenters. The van der Waals surface area contributed by atoms with E-state index in [2.05, 4.69) is 41.1 Å². The highest BCUT2D eigenvalue weighted by Crippen LogP contribution is 2.37. The Labute approximate surface area is 117 Å². The summed E-state index contributed by atoms with van der Waals surface area (Å²) in [5.74, 6) is 0.907. The number of allylic oxidation sites excluding steroid dienone is 2. The Balaban J connectivity index is 1.83. The van der Waals surface area contributed by atoms with E-state index in [1.54, 1.807) is 0 Å². The maximum Gasteiger partial charge on any atom is 0.232 e. The average Bonchev–Trinajstić information content (AvgIpc) is 2.86. The van der Waals surface area contributed by atoms with Crippen LogP contribution < -0.4 is 9.30 Å². The molecule has 1 aromatic heterocycles. The molecule has 2 aromatic rings. The second-order valence-electron chi connectivity index (χ2n) is 4.93. The highest BCUT2D eigenvalue weighted by molar-refractivity contribution is 6.35. The van der Waals surface area contributed by atoms with Crippen molar-refractivity contribution in [2.45, 2.75) is 13.5 Å². The number of nitrogens with zero attached hydrogens (tertiary/aromatic N) is 2. The molecule has 0 atom stereocenters. The molecule has 2 aliphatic rings. The van der Waals surface area contributed by atoms with E-state index < -0.39 is 0 Å². The largest absolute Gasteiger partial charge is 0.488 e. The van der Waals surface area contributed by atoms with Crippen LogP contribution in [0.4, 0.5) is 5.69 Å². The van der Waals surface area contributed by atoms with Crippen LogP contribution in [-0.2, 0) is 6.54 Å². The molecule has 4 rings (SSSR count). The summed E-state index contributed by atoms with van der Waals surface area (Å²) in [4.78, 5) is 4.78. The van der Waals surface area contributed by atoms with Crippen LogP contribution in [0, 0.1) is 0 Å². The quantitative estimate of drug-likeness (QED) is 0.765. The van der Waals surface area contributed by atoms with E-state index in [1.807, 2.05) is 19.1 Å². The minimum Gasteiger partial charge on any atom is -0.488 e. The number of aromatic nitrogens is 1. The molecular weight excluding hydrogens is 248 g/mol. The van der Waals surface area contributed by atoms with Gasteiger partial charge in [-0.05, 0) is 25.1 Å². The molecule has 0 bridgehead atoms. The van der Waals surface area contributed by atoms with Crippen LogP contribution >= 0.6 is 0 Å². The Bertz CT molecular complexity index is 759. The van der Waals surface area contributed by atoms with Gasteiger partial charge in [0.2, 0.25) is 11.9 Å². The fourth-order valence-corrected chi connectivity index (χ4v) is 2.84. The lowest BCUT2D eigenvalue weighted by molar-refractivity contribution is -0.689. The first-order valence-electron chi connectivity index (χ1n) is 6.92. The Kier molecular flexibility index (Phi) is 2.46. The Morgan fingerprint density at radius 3 is 3.00 bits per heavy atom. The lowest BCUT2D eigenvalue weighted by Crippen LogP contribution is -2.42. The maximum atomic E-state index is 5.56. The van der Waals surface area contributed by atoms with Gasteiger partial charge in [0.05, 0.1) is 12.3 Å². The number of pyridine rings is 1. The molecule has 0 radical (unpaired) electrons. The van der Waals surface area contributed by atoms with Gasteiger partial charge in [-0.15, -0.1) is 0 Å². The standard InChI is InChI=1S/C17H15N2O/c1-2-20-12-7-8-16-17-14(9-10-19(16)11-12)13-5-3-4-6-15(13)18-17/h3-9,11H,2,10H2,1H3/q+1. The van der Waals surface area contributed by atoms with Gasteiger partial charge in [0.1, 0.15) is 5.71 Å². The summed E-state index contributed by atoms with van der Waals surface area (Å²) in [6.07, 6.45) is 4.30. The van der Waals surface area contributed by atoms with Gasteiger partial charge < -0.3 is 4.74 Å². The summed E-state index contributed by atoms with van der Waals surface area (Å²) >= 11 is 0. The smallest absolute Gasteiger partial charge is 0.232 e. The van der Waals surface area contributed by atoms with E-state index >= 15 is 0 Å². The summed E-state index contributed by atoms with van der Waals surface area (Å²) < 4.78 is 7.76. The Morgan fingerprint density at radius 1 is 1.20 bits per heavy atom. The number of benzene rings is 1. The monoisotopic (exact) mass is 263 g/mol. The third-order valence-corrected chi connectivity index (χ3v) is 3.73. The molecule has 3 heteroatoms. The number of rotatable bonds is 2. The van der Waals surface area contributed by atoms with Crippen molar-refractivity contribution < 1.29 is 9.30 Å². The van der Waals surface area contributed by atoms with E-state index in [1.165, 1.54) is 11.1 Å². The van der Waals surface area contributed by atoms with Crippen molar-refractivity contribution in [2.24, 2.45) is 4.99 Å². The van der Waals surface area contributed by atoms with Crippen molar-refractivity contribution in [3.63, 3.8) is 0 Å². The minimum absolute atomic E-state index is 0.687. The zero-order chi connectivity index (χ0) is 13.5. The second-order valence-corrected chi connectivity index (χ2v) is 4.93. The molecule has 0 saturated carbocycles. The topological polar surface area (TPSA) is 25.5 Å². The van der Waals surface area contributed by atoms with Crippen LogP contribution in [0.15, 0.2) is 53.7 Å². The predicted molar refractivity (Wildman–Crippen MR) is 78.4 cm³/mol. The van der Waals surface area contributed by atoms with Gasteiger partial charge in [0.25, 0.3) is 0 Å². The van der Waals surface area contributed by atoms with Crippen molar-refractivity contribution in [2.75, 3.05) is 6.61 Å². The molecule has 0 amide bonds. The number of fused-ring (bicyclic) bond motifs is 5. The average molecular weight is 263 g/mol. The van der Waals surface area contributed by atoms with Crippen molar-refractivity contribution in [1.82, 2.24) is 0 Å². The molecule has 0 fully saturated rings. The molecule has 3 heterocycles. The minimum atomic E-state index is 0.687. The zero-order valence-electron chi connectivity index (χ0n) is 11.3. The van der Waals surface area contributed by atoms with Crippen LogP contribution in [0.25, 0.3) is 5.57 Å². The molecule has 1 aromatic carbocycles. The summed E-state index contributed by atoms with van der Waals surface area (Å²) in [7, 11) is 0. The molecule has 20 heavy (non-hydrogen) atoms. The van der Waals surface area contributed by atoms with Crippen LogP contribution in [-0.4, -0.2) is 12.3 Å². The number of aliphatic imine (C=N–C) groups is 1. The van der Waals surface area contributed by atoms with Crippen molar-refractivity contribution >= 4 is 17.0 Å². The maximum absolute atomic E-state index is 5.56. The second kappa shape index (κ2) is 4.30. The molecule has 98 valence electrons. The SMILES string of the molecule is CCOc1ccc2[n+](c1)CC=C1C2=Nc2ccccc21. The first-order chi connectivity index (χ1) is 9.86. The van der Waals surface area contributed by atoms with Crippen LogP contribution in [0.2, 0.25) is 0 Å². The first kappa shape index (κ1) is 11.4. The molecule has 0 saturated heterocycles. The zero-order valence-corrected chi connectivity index (χ0v) is 11.3. The van der Waals surface area contributed by atoms with Crippen molar-refractivity contribution in [1.29, 1.82) is 0 Å².